The van der Waals surface area contributed by atoms with E-state index < -0.39 is 0 Å². The smallest absolute Gasteiger partial charge is 0.230 e. The molecule has 3 aromatic rings. The summed E-state index contributed by atoms with van der Waals surface area (Å²) in [5, 5.41) is 6.58. The third kappa shape index (κ3) is 5.17. The van der Waals surface area contributed by atoms with Gasteiger partial charge in [0.25, 0.3) is 0 Å². The number of thiazole rings is 1. The maximum absolute atomic E-state index is 12.7. The molecule has 0 atom stereocenters. The largest absolute Gasteiger partial charge is 0.494 e. The molecule has 1 amide bonds. The van der Waals surface area contributed by atoms with Gasteiger partial charge in [0.15, 0.2) is 0 Å². The Morgan fingerprint density at radius 3 is 2.52 bits per heavy atom. The van der Waals surface area contributed by atoms with Gasteiger partial charge in [-0.05, 0) is 61.2 Å². The van der Waals surface area contributed by atoms with Crippen molar-refractivity contribution in [3.05, 3.63) is 63.6 Å². The fraction of sp³-hybridized carbons (Fsp3) is 0.304. The molecule has 0 aliphatic heterocycles. The van der Waals surface area contributed by atoms with Gasteiger partial charge in [-0.3, -0.25) is 4.79 Å². The van der Waals surface area contributed by atoms with Gasteiger partial charge >= 0.3 is 0 Å². The second-order valence-corrected chi connectivity index (χ2v) is 7.86. The van der Waals surface area contributed by atoms with Crippen LogP contribution >= 0.6 is 22.9 Å². The first-order valence-corrected chi connectivity index (χ1v) is 11.1. The molecule has 0 radical (unpaired) electrons. The number of nitrogens with one attached hydrogen (secondary N) is 1. The first-order valence-electron chi connectivity index (χ1n) is 9.83. The summed E-state index contributed by atoms with van der Waals surface area (Å²) in [6, 6.07) is 11.7. The Morgan fingerprint density at radius 1 is 1.10 bits per heavy atom. The number of hydrogen-bond acceptors (Lipinski definition) is 4. The number of benzene rings is 2. The molecule has 0 saturated heterocycles. The molecule has 2 aromatic carbocycles. The summed E-state index contributed by atoms with van der Waals surface area (Å²) in [7, 11) is 0. The Bertz CT molecular complexity index is 983. The SMILES string of the molecule is CCOc1ccc(-c2nc(CC(=O)Nc3c(CC)ccc(Cl)c3CC)cs2)cc1. The number of ether oxygens (including phenoxy) is 1. The van der Waals surface area contributed by atoms with Crippen molar-refractivity contribution in [2.45, 2.75) is 40.0 Å². The van der Waals surface area contributed by atoms with Crippen LogP contribution in [0.1, 0.15) is 37.6 Å². The van der Waals surface area contributed by atoms with E-state index in [1.54, 1.807) is 0 Å². The van der Waals surface area contributed by atoms with E-state index in [2.05, 4.69) is 17.2 Å². The zero-order chi connectivity index (χ0) is 20.8. The lowest BCUT2D eigenvalue weighted by atomic mass is 10.0. The van der Waals surface area contributed by atoms with E-state index in [1.165, 1.54) is 11.3 Å². The molecule has 0 unspecified atom stereocenters. The van der Waals surface area contributed by atoms with E-state index in [1.807, 2.05) is 55.6 Å². The second kappa shape index (κ2) is 9.90. The van der Waals surface area contributed by atoms with E-state index in [0.717, 1.165) is 51.7 Å². The highest BCUT2D eigenvalue weighted by atomic mass is 35.5. The molecule has 3 rings (SSSR count). The quantitative estimate of drug-likeness (QED) is 0.466. The van der Waals surface area contributed by atoms with Crippen LogP contribution in [0.15, 0.2) is 41.8 Å². The Hall–Kier alpha value is -2.37. The summed E-state index contributed by atoms with van der Waals surface area (Å²) in [5.74, 6) is 0.757. The van der Waals surface area contributed by atoms with Crippen LogP contribution in [-0.2, 0) is 24.1 Å². The average Bonchev–Trinajstić information content (AvgIpc) is 3.17. The van der Waals surface area contributed by atoms with E-state index in [0.29, 0.717) is 11.6 Å². The number of aromatic nitrogens is 1. The average molecular weight is 429 g/mol. The zero-order valence-corrected chi connectivity index (χ0v) is 18.5. The standard InChI is InChI=1S/C23H25ClN2O2S/c1-4-15-9-12-20(24)19(5-2)22(15)26-21(27)13-17-14-29-23(25-17)16-7-10-18(11-8-16)28-6-3/h7-12,14H,4-6,13H2,1-3H3,(H,26,27). The van der Waals surface area contributed by atoms with Gasteiger partial charge in [-0.25, -0.2) is 4.98 Å². The van der Waals surface area contributed by atoms with Crippen molar-refractivity contribution >= 4 is 34.5 Å². The first-order chi connectivity index (χ1) is 14.0. The molecule has 0 aliphatic rings. The Labute approximate surface area is 180 Å². The number of carbonyl (C=O) groups is 1. The molecule has 0 spiro atoms. The number of hydrogen-bond donors (Lipinski definition) is 1. The predicted molar refractivity (Wildman–Crippen MR) is 121 cm³/mol. The van der Waals surface area contributed by atoms with Gasteiger partial charge in [0.05, 0.1) is 18.7 Å². The molecule has 1 heterocycles. The highest BCUT2D eigenvalue weighted by Gasteiger charge is 2.15. The van der Waals surface area contributed by atoms with Crippen LogP contribution in [0.3, 0.4) is 0 Å². The number of aryl methyl sites for hydroxylation is 1. The minimum Gasteiger partial charge on any atom is -0.494 e. The van der Waals surface area contributed by atoms with Crippen molar-refractivity contribution in [3.8, 4) is 16.3 Å². The van der Waals surface area contributed by atoms with Crippen molar-refractivity contribution in [1.29, 1.82) is 0 Å². The summed E-state index contributed by atoms with van der Waals surface area (Å²) in [6.45, 7) is 6.71. The molecule has 152 valence electrons. The lowest BCUT2D eigenvalue weighted by Gasteiger charge is -2.15. The lowest BCUT2D eigenvalue weighted by Crippen LogP contribution is -2.17. The molecule has 29 heavy (non-hydrogen) atoms. The molecule has 0 bridgehead atoms. The van der Waals surface area contributed by atoms with Crippen LogP contribution in [0.25, 0.3) is 10.6 Å². The summed E-state index contributed by atoms with van der Waals surface area (Å²) < 4.78 is 5.48. The number of nitrogens with zero attached hydrogens (tertiary/aromatic N) is 1. The van der Waals surface area contributed by atoms with E-state index in [-0.39, 0.29) is 12.3 Å². The summed E-state index contributed by atoms with van der Waals surface area (Å²) >= 11 is 7.87. The van der Waals surface area contributed by atoms with Gasteiger partial charge in [-0.2, -0.15) is 0 Å². The zero-order valence-electron chi connectivity index (χ0n) is 16.9. The van der Waals surface area contributed by atoms with Gasteiger partial charge in [0.2, 0.25) is 5.91 Å². The van der Waals surface area contributed by atoms with Gasteiger partial charge in [-0.1, -0.05) is 31.5 Å². The lowest BCUT2D eigenvalue weighted by molar-refractivity contribution is -0.115. The summed E-state index contributed by atoms with van der Waals surface area (Å²) in [5.41, 5.74) is 4.69. The topological polar surface area (TPSA) is 51.2 Å². The number of rotatable bonds is 8. The maximum Gasteiger partial charge on any atom is 0.230 e. The van der Waals surface area contributed by atoms with Gasteiger partial charge in [0, 0.05) is 21.7 Å². The molecule has 4 nitrogen and oxygen atoms in total. The molecule has 1 aromatic heterocycles. The fourth-order valence-electron chi connectivity index (χ4n) is 3.20. The van der Waals surface area contributed by atoms with Crippen molar-refractivity contribution in [1.82, 2.24) is 4.98 Å². The summed E-state index contributed by atoms with van der Waals surface area (Å²) in [6.07, 6.45) is 1.83. The predicted octanol–water partition coefficient (Wildman–Crippen LogP) is 6.17. The molecule has 6 heteroatoms. The van der Waals surface area contributed by atoms with Crippen molar-refractivity contribution in [2.75, 3.05) is 11.9 Å². The number of halogens is 1. The fourth-order valence-corrected chi connectivity index (χ4v) is 4.31. The van der Waals surface area contributed by atoms with Crippen LogP contribution in [0.4, 0.5) is 5.69 Å². The Balaban J connectivity index is 1.72. The van der Waals surface area contributed by atoms with E-state index in [9.17, 15) is 4.79 Å². The van der Waals surface area contributed by atoms with E-state index in [4.69, 9.17) is 16.3 Å². The number of carbonyl (C=O) groups excluding carboxylic acids is 1. The van der Waals surface area contributed by atoms with Crippen LogP contribution in [0.5, 0.6) is 5.75 Å². The van der Waals surface area contributed by atoms with Gasteiger partial charge in [0.1, 0.15) is 10.8 Å². The highest BCUT2D eigenvalue weighted by molar-refractivity contribution is 7.13. The van der Waals surface area contributed by atoms with Crippen LogP contribution in [0, 0.1) is 0 Å². The van der Waals surface area contributed by atoms with Crippen molar-refractivity contribution in [3.63, 3.8) is 0 Å². The molecular weight excluding hydrogens is 404 g/mol. The van der Waals surface area contributed by atoms with Crippen molar-refractivity contribution < 1.29 is 9.53 Å². The number of anilines is 1. The van der Waals surface area contributed by atoms with Crippen LogP contribution < -0.4 is 10.1 Å². The molecule has 0 saturated carbocycles. The molecule has 1 N–H and O–H groups in total. The van der Waals surface area contributed by atoms with E-state index >= 15 is 0 Å². The first kappa shape index (κ1) is 21.3. The van der Waals surface area contributed by atoms with Gasteiger partial charge < -0.3 is 10.1 Å². The van der Waals surface area contributed by atoms with Crippen LogP contribution in [0.2, 0.25) is 5.02 Å². The molecule has 0 aliphatic carbocycles. The third-order valence-corrected chi connectivity index (χ3v) is 5.94. The molecular formula is C23H25ClN2O2S. The summed E-state index contributed by atoms with van der Waals surface area (Å²) in [4.78, 5) is 17.3. The maximum atomic E-state index is 12.7. The Morgan fingerprint density at radius 2 is 1.86 bits per heavy atom. The minimum absolute atomic E-state index is 0.0831. The van der Waals surface area contributed by atoms with Gasteiger partial charge in [-0.15, -0.1) is 11.3 Å². The monoisotopic (exact) mass is 428 g/mol. The highest BCUT2D eigenvalue weighted by Crippen LogP contribution is 2.30. The Kier molecular flexibility index (Phi) is 7.29. The second-order valence-electron chi connectivity index (χ2n) is 6.59. The molecule has 0 fully saturated rings. The minimum atomic E-state index is -0.0831. The third-order valence-electron chi connectivity index (χ3n) is 4.65. The van der Waals surface area contributed by atoms with Crippen LogP contribution in [-0.4, -0.2) is 17.5 Å². The normalized spacial score (nSPS) is 10.8. The number of amides is 1. The van der Waals surface area contributed by atoms with Crippen molar-refractivity contribution in [2.24, 2.45) is 0 Å².